The zero-order chi connectivity index (χ0) is 26.7. The van der Waals surface area contributed by atoms with E-state index < -0.39 is 39.2 Å². The number of hydrogen-bond acceptors (Lipinski definition) is 4. The highest BCUT2D eigenvalue weighted by Crippen LogP contribution is 2.36. The van der Waals surface area contributed by atoms with Crippen LogP contribution in [0.2, 0.25) is 5.02 Å². The molecular weight excluding hydrogens is 522 g/mol. The molecule has 0 aromatic heterocycles. The molecule has 1 N–H and O–H groups in total. The molecule has 0 radical (unpaired) electrons. The summed E-state index contributed by atoms with van der Waals surface area (Å²) in [7, 11) is -3.62. The average molecular weight is 547 g/mol. The smallest absolute Gasteiger partial charge is 0.230 e. The molecule has 0 saturated carbocycles. The van der Waals surface area contributed by atoms with E-state index in [-0.39, 0.29) is 42.0 Å². The van der Waals surface area contributed by atoms with Crippen molar-refractivity contribution in [2.45, 2.75) is 25.7 Å². The van der Waals surface area contributed by atoms with Crippen molar-refractivity contribution in [3.63, 3.8) is 0 Å². The van der Waals surface area contributed by atoms with Gasteiger partial charge in [-0.25, -0.2) is 17.2 Å². The molecule has 194 valence electrons. The van der Waals surface area contributed by atoms with Crippen LogP contribution in [0, 0.1) is 17.6 Å². The maximum absolute atomic E-state index is 15.3. The molecule has 1 aliphatic heterocycles. The highest BCUT2D eigenvalue weighted by Gasteiger charge is 2.34. The van der Waals surface area contributed by atoms with Gasteiger partial charge in [-0.15, -0.1) is 0 Å². The number of halogens is 3. The first kappa shape index (κ1) is 26.8. The summed E-state index contributed by atoms with van der Waals surface area (Å²) < 4.78 is 56.3. The molecule has 0 unspecified atom stereocenters. The third-order valence-corrected chi connectivity index (χ3v) is 7.00. The van der Waals surface area contributed by atoms with Gasteiger partial charge in [0.1, 0.15) is 11.5 Å². The van der Waals surface area contributed by atoms with E-state index in [1.165, 1.54) is 12.1 Å². The molecule has 3 aromatic rings. The van der Waals surface area contributed by atoms with Gasteiger partial charge in [0.25, 0.3) is 0 Å². The number of Topliss-reactive ketones (excluding diaryl/α,β-unsaturated/α-hetero) is 1. The van der Waals surface area contributed by atoms with E-state index in [4.69, 9.17) is 11.6 Å². The molecule has 4 rings (SSSR count). The number of piperidine rings is 1. The van der Waals surface area contributed by atoms with Crippen molar-refractivity contribution in [2.24, 2.45) is 5.92 Å². The maximum atomic E-state index is 15.3. The summed E-state index contributed by atoms with van der Waals surface area (Å²) >= 11 is 5.88. The third kappa shape index (κ3) is 6.53. The van der Waals surface area contributed by atoms with E-state index in [0.29, 0.717) is 17.9 Å². The highest BCUT2D eigenvalue weighted by atomic mass is 35.5. The lowest BCUT2D eigenvalue weighted by molar-refractivity contribution is -0.128. The summed E-state index contributed by atoms with van der Waals surface area (Å²) in [6, 6.07) is 15.2. The van der Waals surface area contributed by atoms with Crippen molar-refractivity contribution >= 4 is 44.7 Å². The van der Waals surface area contributed by atoms with Gasteiger partial charge in [0.15, 0.2) is 11.6 Å². The first-order chi connectivity index (χ1) is 17.5. The number of ketones is 1. The lowest BCUT2D eigenvalue weighted by Gasteiger charge is -2.32. The molecule has 6 nitrogen and oxygen atoms in total. The molecule has 1 fully saturated rings. The maximum Gasteiger partial charge on any atom is 0.230 e. The summed E-state index contributed by atoms with van der Waals surface area (Å²) in [5, 5.41) is 0.555. The third-order valence-electron chi connectivity index (χ3n) is 6.16. The molecule has 1 aliphatic rings. The topological polar surface area (TPSA) is 83.6 Å². The van der Waals surface area contributed by atoms with Crippen LogP contribution in [0.3, 0.4) is 0 Å². The summed E-state index contributed by atoms with van der Waals surface area (Å²) in [5.74, 6) is -3.22. The van der Waals surface area contributed by atoms with Crippen molar-refractivity contribution in [3.05, 3.63) is 82.9 Å². The summed E-state index contributed by atoms with van der Waals surface area (Å²) in [6.07, 6.45) is 2.04. The van der Waals surface area contributed by atoms with Crippen molar-refractivity contribution in [1.82, 2.24) is 0 Å². The molecule has 3 aromatic carbocycles. The largest absolute Gasteiger partial charge is 0.307 e. The van der Waals surface area contributed by atoms with Crippen LogP contribution in [0.4, 0.5) is 20.2 Å². The van der Waals surface area contributed by atoms with Crippen LogP contribution in [0.15, 0.2) is 60.7 Å². The Bertz CT molecular complexity index is 1420. The van der Waals surface area contributed by atoms with Crippen LogP contribution in [-0.4, -0.2) is 32.9 Å². The normalized spacial score (nSPS) is 16.1. The van der Waals surface area contributed by atoms with Crippen molar-refractivity contribution < 1.29 is 26.8 Å². The van der Waals surface area contributed by atoms with Crippen LogP contribution in [0.5, 0.6) is 0 Å². The summed E-state index contributed by atoms with van der Waals surface area (Å²) in [4.78, 5) is 26.9. The number of carbonyl (C=O) groups is 2. The highest BCUT2D eigenvalue weighted by molar-refractivity contribution is 7.92. The number of sulfonamides is 1. The molecule has 0 aliphatic carbocycles. The second-order valence-corrected chi connectivity index (χ2v) is 11.3. The number of hydrogen-bond donors (Lipinski definition) is 1. The van der Waals surface area contributed by atoms with Crippen molar-refractivity contribution in [3.8, 4) is 11.1 Å². The van der Waals surface area contributed by atoms with Gasteiger partial charge in [-0.3, -0.25) is 14.3 Å². The van der Waals surface area contributed by atoms with Gasteiger partial charge in [-0.1, -0.05) is 41.9 Å². The minimum absolute atomic E-state index is 0.0240. The number of para-hydroxylation sites is 1. The SMILES string of the molecule is CS(=O)(=O)Nc1ccccc1-c1cc(F)c(N2CCC[C@@H](CC(=O)Cc3ccc(Cl)cc3)C2=O)c(F)c1. The van der Waals surface area contributed by atoms with Gasteiger partial charge >= 0.3 is 0 Å². The number of carbonyl (C=O) groups excluding carboxylic acids is 2. The van der Waals surface area contributed by atoms with E-state index >= 15 is 8.78 Å². The molecule has 0 bridgehead atoms. The quantitative estimate of drug-likeness (QED) is 0.398. The number of rotatable bonds is 8. The second kappa shape index (κ2) is 11.0. The number of benzene rings is 3. The Balaban J connectivity index is 1.55. The van der Waals surface area contributed by atoms with Crippen LogP contribution >= 0.6 is 11.6 Å². The van der Waals surface area contributed by atoms with E-state index in [1.807, 2.05) is 0 Å². The van der Waals surface area contributed by atoms with Gasteiger partial charge in [0.05, 0.1) is 11.9 Å². The number of amides is 1. The number of anilines is 2. The summed E-state index contributed by atoms with van der Waals surface area (Å²) in [5.41, 5.74) is 0.868. The first-order valence-corrected chi connectivity index (χ1v) is 13.9. The van der Waals surface area contributed by atoms with Gasteiger partial charge in [-0.2, -0.15) is 0 Å². The molecule has 10 heteroatoms. The van der Waals surface area contributed by atoms with Crippen molar-refractivity contribution in [1.29, 1.82) is 0 Å². The zero-order valence-corrected chi connectivity index (χ0v) is 21.6. The van der Waals surface area contributed by atoms with E-state index in [0.717, 1.165) is 28.9 Å². The van der Waals surface area contributed by atoms with E-state index in [1.54, 1.807) is 36.4 Å². The van der Waals surface area contributed by atoms with E-state index in [2.05, 4.69) is 4.72 Å². The Kier molecular flexibility index (Phi) is 7.94. The molecule has 1 heterocycles. The molecular formula is C27H25ClF2N2O4S. The zero-order valence-electron chi connectivity index (χ0n) is 20.0. The fourth-order valence-corrected chi connectivity index (χ4v) is 5.24. The van der Waals surface area contributed by atoms with Crippen molar-refractivity contribution in [2.75, 3.05) is 22.4 Å². The predicted molar refractivity (Wildman–Crippen MR) is 140 cm³/mol. The summed E-state index contributed by atoms with van der Waals surface area (Å²) in [6.45, 7) is 0.125. The fourth-order valence-electron chi connectivity index (χ4n) is 4.54. The molecule has 37 heavy (non-hydrogen) atoms. The fraction of sp³-hybridized carbons (Fsp3) is 0.259. The van der Waals surface area contributed by atoms with Gasteiger partial charge < -0.3 is 4.90 Å². The van der Waals surface area contributed by atoms with Crippen LogP contribution in [0.1, 0.15) is 24.8 Å². The Morgan fingerprint density at radius 2 is 1.73 bits per heavy atom. The monoisotopic (exact) mass is 546 g/mol. The minimum atomic E-state index is -3.62. The number of nitrogens with one attached hydrogen (secondary N) is 1. The molecule has 0 spiro atoms. The Morgan fingerprint density at radius 1 is 1.08 bits per heavy atom. The predicted octanol–water partition coefficient (Wildman–Crippen LogP) is 5.60. The lowest BCUT2D eigenvalue weighted by Crippen LogP contribution is -2.43. The lowest BCUT2D eigenvalue weighted by atomic mass is 9.90. The Hall–Kier alpha value is -3.30. The average Bonchev–Trinajstić information content (AvgIpc) is 2.82. The second-order valence-electron chi connectivity index (χ2n) is 9.08. The van der Waals surface area contributed by atoms with Gasteiger partial charge in [-0.05, 0) is 54.3 Å². The van der Waals surface area contributed by atoms with Gasteiger partial charge in [0.2, 0.25) is 15.9 Å². The minimum Gasteiger partial charge on any atom is -0.307 e. The number of nitrogens with zero attached hydrogens (tertiary/aromatic N) is 1. The molecule has 1 saturated heterocycles. The Morgan fingerprint density at radius 3 is 2.38 bits per heavy atom. The molecule has 1 amide bonds. The molecule has 1 atom stereocenters. The van der Waals surface area contributed by atoms with Gasteiger partial charge in [0, 0.05) is 35.9 Å². The first-order valence-electron chi connectivity index (χ1n) is 11.7. The van der Waals surface area contributed by atoms with Crippen LogP contribution < -0.4 is 9.62 Å². The van der Waals surface area contributed by atoms with Crippen LogP contribution in [0.25, 0.3) is 11.1 Å². The Labute approximate surface area is 219 Å². The van der Waals surface area contributed by atoms with Crippen LogP contribution in [-0.2, 0) is 26.0 Å². The van der Waals surface area contributed by atoms with E-state index in [9.17, 15) is 18.0 Å². The standard InChI is InChI=1S/C27H25ClF2N2O4S/c1-37(35,36)31-25-7-3-2-6-22(25)19-15-23(29)26(24(30)16-19)32-12-4-5-18(27(32)34)14-21(33)13-17-8-10-20(28)11-9-17/h2-3,6-11,15-16,18,31H,4-5,12-14H2,1H3/t18-/m0/s1.